The Morgan fingerprint density at radius 1 is 1.29 bits per heavy atom. The van der Waals surface area contributed by atoms with E-state index in [4.69, 9.17) is 9.47 Å². The fraction of sp³-hybridized carbons (Fsp3) is 0.312. The maximum absolute atomic E-state index is 5.52. The highest BCUT2D eigenvalue weighted by Crippen LogP contribution is 2.30. The predicted octanol–water partition coefficient (Wildman–Crippen LogP) is 4.72. The van der Waals surface area contributed by atoms with E-state index in [-0.39, 0.29) is 24.0 Å². The van der Waals surface area contributed by atoms with E-state index in [1.165, 1.54) is 4.88 Å². The molecule has 0 radical (unpaired) electrons. The molecule has 2 aromatic rings. The summed E-state index contributed by atoms with van der Waals surface area (Å²) in [6.07, 6.45) is 0. The second kappa shape index (κ2) is 10.8. The van der Waals surface area contributed by atoms with E-state index in [9.17, 15) is 0 Å². The fourth-order valence-electron chi connectivity index (χ4n) is 1.95. The summed E-state index contributed by atoms with van der Waals surface area (Å²) in [6.45, 7) is 3.26. The number of nitrogens with one attached hydrogen (secondary N) is 2. The van der Waals surface area contributed by atoms with Crippen LogP contribution in [-0.4, -0.2) is 26.7 Å². The molecule has 1 aromatic carbocycles. The van der Waals surface area contributed by atoms with Crippen molar-refractivity contribution in [3.63, 3.8) is 0 Å². The minimum Gasteiger partial charge on any atom is -0.493 e. The van der Waals surface area contributed by atoms with Crippen LogP contribution in [0.5, 0.6) is 11.5 Å². The molecule has 2 N–H and O–H groups in total. The number of thiophene rings is 1. The summed E-state index contributed by atoms with van der Waals surface area (Å²) in [5.41, 5.74) is 0.880. The van der Waals surface area contributed by atoms with Crippen molar-refractivity contribution in [1.29, 1.82) is 0 Å². The van der Waals surface area contributed by atoms with E-state index in [1.807, 2.05) is 25.1 Å². The van der Waals surface area contributed by atoms with Crippen LogP contribution in [0.2, 0.25) is 0 Å². The third-order valence-electron chi connectivity index (χ3n) is 3.00. The van der Waals surface area contributed by atoms with Gasteiger partial charge in [0.15, 0.2) is 17.5 Å². The standard InChI is InChI=1S/C16H20BrN3O2S.HI/c1-4-22-14-6-5-12(8-15(14)21-3)20-16(18-2)19-9-13-7-11(17)10-23-13;/h5-8,10H,4,9H2,1-3H3,(H2,18,19,20);1H. The van der Waals surface area contributed by atoms with E-state index < -0.39 is 0 Å². The van der Waals surface area contributed by atoms with E-state index in [0.717, 1.165) is 15.9 Å². The Bertz CT molecular complexity index is 679. The number of guanidine groups is 1. The average Bonchev–Trinajstić information content (AvgIpc) is 2.98. The molecule has 0 aliphatic heterocycles. The highest BCUT2D eigenvalue weighted by Gasteiger charge is 2.07. The van der Waals surface area contributed by atoms with E-state index in [0.29, 0.717) is 24.9 Å². The quantitative estimate of drug-likeness (QED) is 0.325. The lowest BCUT2D eigenvalue weighted by Crippen LogP contribution is -2.29. The second-order valence-corrected chi connectivity index (χ2v) is 6.49. The van der Waals surface area contributed by atoms with Crippen molar-refractivity contribution in [3.05, 3.63) is 39.0 Å². The first-order valence-electron chi connectivity index (χ1n) is 7.17. The topological polar surface area (TPSA) is 54.9 Å². The van der Waals surface area contributed by atoms with Crippen LogP contribution in [0.4, 0.5) is 5.69 Å². The van der Waals surface area contributed by atoms with Crippen molar-refractivity contribution in [2.75, 3.05) is 26.1 Å². The van der Waals surface area contributed by atoms with E-state index in [2.05, 4.69) is 43.0 Å². The number of nitrogens with zero attached hydrogens (tertiary/aromatic N) is 1. The van der Waals surface area contributed by atoms with Crippen molar-refractivity contribution in [2.24, 2.45) is 4.99 Å². The second-order valence-electron chi connectivity index (χ2n) is 4.58. The van der Waals surface area contributed by atoms with Gasteiger partial charge in [-0.2, -0.15) is 0 Å². The normalized spacial score (nSPS) is 10.8. The molecule has 0 saturated carbocycles. The van der Waals surface area contributed by atoms with Crippen molar-refractivity contribution >= 4 is 62.9 Å². The highest BCUT2D eigenvalue weighted by atomic mass is 127. The number of rotatable bonds is 6. The average molecular weight is 526 g/mol. The van der Waals surface area contributed by atoms with Crippen molar-refractivity contribution in [3.8, 4) is 11.5 Å². The molecule has 8 heteroatoms. The van der Waals surface area contributed by atoms with E-state index >= 15 is 0 Å². The van der Waals surface area contributed by atoms with Gasteiger partial charge in [0.25, 0.3) is 0 Å². The SMILES string of the molecule is CCOc1ccc(NC(=NC)NCc2cc(Br)cs2)cc1OC.I. The molecule has 1 heterocycles. The largest absolute Gasteiger partial charge is 0.493 e. The third-order valence-corrected chi connectivity index (χ3v) is 4.70. The Kier molecular flexibility index (Phi) is 9.45. The molecular weight excluding hydrogens is 505 g/mol. The summed E-state index contributed by atoms with van der Waals surface area (Å²) < 4.78 is 12.0. The zero-order valence-corrected chi connectivity index (χ0v) is 18.5. The summed E-state index contributed by atoms with van der Waals surface area (Å²) in [7, 11) is 3.37. The summed E-state index contributed by atoms with van der Waals surface area (Å²) >= 11 is 5.15. The van der Waals surface area contributed by atoms with Gasteiger partial charge in [-0.25, -0.2) is 0 Å². The minimum atomic E-state index is 0. The molecule has 0 fully saturated rings. The maximum Gasteiger partial charge on any atom is 0.195 e. The number of halogens is 2. The molecule has 5 nitrogen and oxygen atoms in total. The lowest BCUT2D eigenvalue weighted by molar-refractivity contribution is 0.311. The Labute approximate surface area is 172 Å². The third kappa shape index (κ3) is 6.14. The number of hydrogen-bond acceptors (Lipinski definition) is 4. The van der Waals surface area contributed by atoms with E-state index in [1.54, 1.807) is 25.5 Å². The molecule has 0 spiro atoms. The number of hydrogen-bond donors (Lipinski definition) is 2. The van der Waals surface area contributed by atoms with Gasteiger partial charge in [0.05, 0.1) is 20.3 Å². The summed E-state index contributed by atoms with van der Waals surface area (Å²) in [5.74, 6) is 2.11. The van der Waals surface area contributed by atoms with Gasteiger partial charge in [-0.05, 0) is 41.1 Å². The highest BCUT2D eigenvalue weighted by molar-refractivity contribution is 14.0. The van der Waals surface area contributed by atoms with Gasteiger partial charge >= 0.3 is 0 Å². The summed E-state index contributed by atoms with van der Waals surface area (Å²) in [6, 6.07) is 7.79. The Morgan fingerprint density at radius 2 is 2.08 bits per heavy atom. The molecule has 0 bridgehead atoms. The number of ether oxygens (including phenoxy) is 2. The first-order valence-corrected chi connectivity index (χ1v) is 8.85. The number of aliphatic imine (C=N–C) groups is 1. The van der Waals surface area contributed by atoms with Crippen LogP contribution in [0, 0.1) is 0 Å². The number of anilines is 1. The van der Waals surface area contributed by atoms with Gasteiger partial charge in [-0.1, -0.05) is 0 Å². The predicted molar refractivity (Wildman–Crippen MR) is 115 cm³/mol. The van der Waals surface area contributed by atoms with Crippen molar-refractivity contribution in [1.82, 2.24) is 5.32 Å². The molecule has 0 aliphatic carbocycles. The monoisotopic (exact) mass is 525 g/mol. The van der Waals surface area contributed by atoms with Crippen molar-refractivity contribution < 1.29 is 9.47 Å². The first kappa shape index (κ1) is 21.0. The molecule has 2 rings (SSSR count). The van der Waals surface area contributed by atoms with Crippen LogP contribution in [-0.2, 0) is 6.54 Å². The van der Waals surface area contributed by atoms with Crippen molar-refractivity contribution in [2.45, 2.75) is 13.5 Å². The van der Waals surface area contributed by atoms with Crippen LogP contribution in [0.25, 0.3) is 0 Å². The zero-order valence-electron chi connectivity index (χ0n) is 13.8. The first-order chi connectivity index (χ1) is 11.2. The minimum absolute atomic E-state index is 0. The van der Waals surface area contributed by atoms with Gasteiger partial charge in [0.1, 0.15) is 0 Å². The molecule has 0 atom stereocenters. The molecular formula is C16H21BrIN3O2S. The molecule has 0 saturated heterocycles. The Hall–Kier alpha value is -1.000. The number of methoxy groups -OCH3 is 1. The summed E-state index contributed by atoms with van der Waals surface area (Å²) in [4.78, 5) is 5.46. The molecule has 1 aromatic heterocycles. The maximum atomic E-state index is 5.52. The lowest BCUT2D eigenvalue weighted by atomic mass is 10.2. The molecule has 132 valence electrons. The fourth-order valence-corrected chi connectivity index (χ4v) is 3.34. The van der Waals surface area contributed by atoms with Gasteiger partial charge in [-0.15, -0.1) is 35.3 Å². The smallest absolute Gasteiger partial charge is 0.195 e. The van der Waals surface area contributed by atoms with Gasteiger partial charge in [0, 0.05) is 33.5 Å². The van der Waals surface area contributed by atoms with Gasteiger partial charge in [-0.3, -0.25) is 4.99 Å². The van der Waals surface area contributed by atoms with Gasteiger partial charge < -0.3 is 20.1 Å². The number of benzene rings is 1. The van der Waals surface area contributed by atoms with Crippen LogP contribution < -0.4 is 20.1 Å². The lowest BCUT2D eigenvalue weighted by Gasteiger charge is -2.14. The zero-order chi connectivity index (χ0) is 16.7. The van der Waals surface area contributed by atoms with Gasteiger partial charge in [0.2, 0.25) is 0 Å². The summed E-state index contributed by atoms with van der Waals surface area (Å²) in [5, 5.41) is 8.59. The molecule has 24 heavy (non-hydrogen) atoms. The van der Waals surface area contributed by atoms with Crippen LogP contribution >= 0.6 is 51.2 Å². The van der Waals surface area contributed by atoms with Crippen LogP contribution in [0.1, 0.15) is 11.8 Å². The molecule has 0 aliphatic rings. The van der Waals surface area contributed by atoms with Crippen LogP contribution in [0.15, 0.2) is 39.1 Å². The Balaban J connectivity index is 0.00000288. The molecule has 0 unspecified atom stereocenters. The Morgan fingerprint density at radius 3 is 2.67 bits per heavy atom. The van der Waals surface area contributed by atoms with Crippen LogP contribution in [0.3, 0.4) is 0 Å². The molecule has 0 amide bonds.